The summed E-state index contributed by atoms with van der Waals surface area (Å²) in [5.74, 6) is 0. The van der Waals surface area contributed by atoms with E-state index >= 15 is 0 Å². The second-order valence-electron chi connectivity index (χ2n) is 7.75. The van der Waals surface area contributed by atoms with E-state index in [2.05, 4.69) is 72.5 Å². The summed E-state index contributed by atoms with van der Waals surface area (Å²) in [6.07, 6.45) is 2.15. The normalized spacial score (nSPS) is 14.2. The number of fused-ring (bicyclic) bond motifs is 2. The Morgan fingerprint density at radius 3 is 2.67 bits per heavy atom. The van der Waals surface area contributed by atoms with Crippen molar-refractivity contribution in [3.63, 3.8) is 0 Å². The molecule has 0 aliphatic heterocycles. The maximum absolute atomic E-state index is 8.47. The molecule has 0 saturated heterocycles. The Labute approximate surface area is 144 Å². The van der Waals surface area contributed by atoms with Crippen molar-refractivity contribution < 1.29 is 2.74 Å². The molecule has 0 N–H and O–H groups in total. The van der Waals surface area contributed by atoms with Crippen molar-refractivity contribution in [2.24, 2.45) is 0 Å². The van der Waals surface area contributed by atoms with E-state index < -0.39 is 8.07 Å². The van der Waals surface area contributed by atoms with Crippen molar-refractivity contribution in [2.75, 3.05) is 0 Å². The molecular formula is C21H20N2Si. The van der Waals surface area contributed by atoms with E-state index in [1.165, 1.54) is 21.5 Å². The summed E-state index contributed by atoms with van der Waals surface area (Å²) in [5, 5.41) is 6.76. The van der Waals surface area contributed by atoms with Crippen LogP contribution in [0.5, 0.6) is 0 Å². The van der Waals surface area contributed by atoms with Crippen LogP contribution in [0.15, 0.2) is 48.7 Å². The highest BCUT2D eigenvalue weighted by molar-refractivity contribution is 6.89. The average molecular weight is 331 g/mol. The Bertz CT molecular complexity index is 1350. The largest absolute Gasteiger partial charge is 0.300 e. The van der Waals surface area contributed by atoms with Crippen LogP contribution in [0.4, 0.5) is 0 Å². The molecule has 2 aromatic carbocycles. The van der Waals surface area contributed by atoms with Gasteiger partial charge in [-0.3, -0.25) is 4.40 Å². The predicted octanol–water partition coefficient (Wildman–Crippen LogP) is 5.09. The topological polar surface area (TPSA) is 17.3 Å². The SMILES string of the molecule is [2H]c1nc2c3c(cc([Si](C)(C)C)cc3c3cccc4c(C)cn2c43)c1[2H]. The molecule has 0 aliphatic rings. The maximum Gasteiger partial charge on any atom is 0.145 e. The summed E-state index contributed by atoms with van der Waals surface area (Å²) in [6, 6.07) is 11.1. The Balaban J connectivity index is 2.19. The molecule has 2 nitrogen and oxygen atoms in total. The van der Waals surface area contributed by atoms with Gasteiger partial charge in [0.25, 0.3) is 0 Å². The predicted molar refractivity (Wildman–Crippen MR) is 107 cm³/mol. The van der Waals surface area contributed by atoms with Crippen molar-refractivity contribution >= 4 is 51.4 Å². The van der Waals surface area contributed by atoms with Crippen LogP contribution >= 0.6 is 0 Å². The Morgan fingerprint density at radius 2 is 1.88 bits per heavy atom. The molecule has 5 aromatic rings. The van der Waals surface area contributed by atoms with Crippen LogP contribution in [-0.4, -0.2) is 17.5 Å². The van der Waals surface area contributed by atoms with Gasteiger partial charge in [0.1, 0.15) is 5.65 Å². The van der Waals surface area contributed by atoms with Crippen LogP contribution in [0.3, 0.4) is 0 Å². The van der Waals surface area contributed by atoms with Crippen molar-refractivity contribution in [3.05, 3.63) is 54.3 Å². The zero-order valence-corrected chi connectivity index (χ0v) is 15.4. The molecule has 0 radical (unpaired) electrons. The third-order valence-electron chi connectivity index (χ3n) is 5.12. The lowest BCUT2D eigenvalue weighted by Crippen LogP contribution is -2.37. The van der Waals surface area contributed by atoms with Gasteiger partial charge >= 0.3 is 0 Å². The molecule has 0 bridgehead atoms. The van der Waals surface area contributed by atoms with Gasteiger partial charge in [-0.25, -0.2) is 4.98 Å². The summed E-state index contributed by atoms with van der Waals surface area (Å²) in [6.45, 7) is 9.09. The lowest BCUT2D eigenvalue weighted by molar-refractivity contribution is 1.20. The standard InChI is InChI=1S/C21H20N2Si/c1-13-12-23-20-16(13)6-5-7-17(20)18-11-15(24(2,3)4)10-14-8-9-22-21(23)19(14)18/h5-12H,1-4H3/i8D,9D. The molecule has 0 unspecified atom stereocenters. The van der Waals surface area contributed by atoms with Crippen LogP contribution in [0.1, 0.15) is 8.30 Å². The molecule has 0 spiro atoms. The van der Waals surface area contributed by atoms with Gasteiger partial charge < -0.3 is 0 Å². The summed E-state index contributed by atoms with van der Waals surface area (Å²) < 4.78 is 18.8. The quantitative estimate of drug-likeness (QED) is 0.238. The first-order valence-corrected chi connectivity index (χ1v) is 11.8. The Hall–Kier alpha value is -2.39. The third-order valence-corrected chi connectivity index (χ3v) is 7.14. The molecule has 3 aromatic heterocycles. The molecule has 0 aliphatic carbocycles. The number of para-hydroxylation sites is 1. The number of nitrogens with zero attached hydrogens (tertiary/aromatic N) is 2. The van der Waals surface area contributed by atoms with Gasteiger partial charge in [0.15, 0.2) is 0 Å². The summed E-state index contributed by atoms with van der Waals surface area (Å²) >= 11 is 0. The third kappa shape index (κ3) is 1.68. The van der Waals surface area contributed by atoms with Crippen LogP contribution in [0, 0.1) is 6.92 Å². The van der Waals surface area contributed by atoms with E-state index in [9.17, 15) is 0 Å². The van der Waals surface area contributed by atoms with Crippen molar-refractivity contribution in [3.8, 4) is 0 Å². The number of benzene rings is 2. The lowest BCUT2D eigenvalue weighted by Gasteiger charge is -2.20. The average Bonchev–Trinajstić information content (AvgIpc) is 2.93. The number of aryl methyl sites for hydroxylation is 1. The monoisotopic (exact) mass is 330 g/mol. The van der Waals surface area contributed by atoms with Gasteiger partial charge in [-0.2, -0.15) is 0 Å². The molecule has 24 heavy (non-hydrogen) atoms. The van der Waals surface area contributed by atoms with E-state index in [1.54, 1.807) is 0 Å². The van der Waals surface area contributed by atoms with E-state index in [0.29, 0.717) is 0 Å². The molecular weight excluding hydrogens is 308 g/mol. The van der Waals surface area contributed by atoms with Gasteiger partial charge in [-0.15, -0.1) is 0 Å². The van der Waals surface area contributed by atoms with Gasteiger partial charge in [-0.05, 0) is 29.3 Å². The first-order valence-electron chi connectivity index (χ1n) is 9.34. The highest BCUT2D eigenvalue weighted by Crippen LogP contribution is 2.36. The number of rotatable bonds is 1. The Kier molecular flexibility index (Phi) is 2.19. The summed E-state index contributed by atoms with van der Waals surface area (Å²) in [5.41, 5.74) is 3.16. The second kappa shape index (κ2) is 4.36. The van der Waals surface area contributed by atoms with Gasteiger partial charge in [0.2, 0.25) is 0 Å². The van der Waals surface area contributed by atoms with E-state index in [1.807, 2.05) is 0 Å². The second-order valence-corrected chi connectivity index (χ2v) is 12.8. The smallest absolute Gasteiger partial charge is 0.145 e. The van der Waals surface area contributed by atoms with Crippen molar-refractivity contribution in [1.82, 2.24) is 9.38 Å². The summed E-state index contributed by atoms with van der Waals surface area (Å²) in [4.78, 5) is 4.51. The zero-order valence-electron chi connectivity index (χ0n) is 16.4. The molecule has 0 atom stereocenters. The number of aromatic nitrogens is 2. The molecule has 0 fully saturated rings. The van der Waals surface area contributed by atoms with Gasteiger partial charge in [0.05, 0.1) is 16.3 Å². The summed E-state index contributed by atoms with van der Waals surface area (Å²) in [7, 11) is -1.57. The maximum atomic E-state index is 8.47. The lowest BCUT2D eigenvalue weighted by atomic mass is 10.0. The molecule has 5 rings (SSSR count). The fourth-order valence-corrected chi connectivity index (χ4v) is 4.99. The molecule has 3 heterocycles. The van der Waals surface area contributed by atoms with Crippen LogP contribution in [0.25, 0.3) is 38.1 Å². The minimum atomic E-state index is -1.57. The molecule has 118 valence electrons. The van der Waals surface area contributed by atoms with E-state index in [4.69, 9.17) is 2.74 Å². The fraction of sp³-hybridized carbons (Fsp3) is 0.190. The Morgan fingerprint density at radius 1 is 1.08 bits per heavy atom. The zero-order chi connectivity index (χ0) is 18.4. The first kappa shape index (κ1) is 12.0. The minimum absolute atomic E-state index is 0.0464. The van der Waals surface area contributed by atoms with E-state index in [0.717, 1.165) is 27.3 Å². The number of pyridine rings is 2. The molecule has 3 heteroatoms. The highest BCUT2D eigenvalue weighted by Gasteiger charge is 2.21. The van der Waals surface area contributed by atoms with Gasteiger partial charge in [0, 0.05) is 28.5 Å². The number of hydrogen-bond donors (Lipinski definition) is 0. The molecule has 0 amide bonds. The first-order chi connectivity index (χ1) is 12.3. The number of hydrogen-bond acceptors (Lipinski definition) is 1. The van der Waals surface area contributed by atoms with Crippen molar-refractivity contribution in [2.45, 2.75) is 26.6 Å². The highest BCUT2D eigenvalue weighted by atomic mass is 28.3. The van der Waals surface area contributed by atoms with Crippen LogP contribution in [0.2, 0.25) is 19.6 Å². The fourth-order valence-electron chi connectivity index (χ4n) is 3.83. The van der Waals surface area contributed by atoms with Gasteiger partial charge in [-0.1, -0.05) is 55.2 Å². The van der Waals surface area contributed by atoms with Crippen molar-refractivity contribution in [1.29, 1.82) is 0 Å². The van der Waals surface area contributed by atoms with Crippen LogP contribution < -0.4 is 5.19 Å². The van der Waals surface area contributed by atoms with E-state index in [-0.39, 0.29) is 12.2 Å². The molecule has 0 saturated carbocycles. The minimum Gasteiger partial charge on any atom is -0.300 e. The van der Waals surface area contributed by atoms with Crippen LogP contribution in [-0.2, 0) is 0 Å².